The number of benzene rings is 1. The number of aromatic amines is 1. The van der Waals surface area contributed by atoms with Crippen LogP contribution in [0.25, 0.3) is 10.9 Å². The van der Waals surface area contributed by atoms with Crippen molar-refractivity contribution in [3.05, 3.63) is 46.2 Å². The summed E-state index contributed by atoms with van der Waals surface area (Å²) in [4.78, 5) is 26.3. The Kier molecular flexibility index (Phi) is 4.30. The number of aliphatic hydroxyl groups excluding tert-OH is 1. The Bertz CT molecular complexity index is 634. The van der Waals surface area contributed by atoms with E-state index >= 15 is 0 Å². The molecule has 0 fully saturated rings. The largest absolute Gasteiger partial charge is 0.396 e. The van der Waals surface area contributed by atoms with Crippen molar-refractivity contribution in [2.75, 3.05) is 13.2 Å². The zero-order chi connectivity index (χ0) is 13.7. The number of pyridine rings is 1. The van der Waals surface area contributed by atoms with Crippen molar-refractivity contribution in [2.45, 2.75) is 12.8 Å². The van der Waals surface area contributed by atoms with Gasteiger partial charge in [0.15, 0.2) is 0 Å². The third-order valence-electron chi connectivity index (χ3n) is 2.87. The monoisotopic (exact) mass is 260 g/mol. The van der Waals surface area contributed by atoms with Crippen molar-refractivity contribution in [1.82, 2.24) is 10.3 Å². The summed E-state index contributed by atoms with van der Waals surface area (Å²) in [5.74, 6) is -0.264. The second-order valence-electron chi connectivity index (χ2n) is 4.28. The SMILES string of the molecule is O=C(NCCCCO)c1cc(=O)[nH]c2ccccc12. The van der Waals surface area contributed by atoms with E-state index in [-0.39, 0.29) is 18.1 Å². The van der Waals surface area contributed by atoms with E-state index in [1.54, 1.807) is 18.2 Å². The number of nitrogens with one attached hydrogen (secondary N) is 2. The number of carbonyl (C=O) groups is 1. The zero-order valence-corrected chi connectivity index (χ0v) is 10.5. The Morgan fingerprint density at radius 3 is 2.84 bits per heavy atom. The molecule has 1 aromatic heterocycles. The van der Waals surface area contributed by atoms with Gasteiger partial charge in [0.1, 0.15) is 0 Å². The molecular weight excluding hydrogens is 244 g/mol. The Balaban J connectivity index is 2.24. The fourth-order valence-electron chi connectivity index (χ4n) is 1.93. The molecule has 5 heteroatoms. The molecule has 0 atom stereocenters. The summed E-state index contributed by atoms with van der Waals surface area (Å²) >= 11 is 0. The summed E-state index contributed by atoms with van der Waals surface area (Å²) in [6, 6.07) is 8.50. The second kappa shape index (κ2) is 6.15. The van der Waals surface area contributed by atoms with Gasteiger partial charge >= 0.3 is 0 Å². The Morgan fingerprint density at radius 1 is 1.26 bits per heavy atom. The molecule has 100 valence electrons. The number of rotatable bonds is 5. The van der Waals surface area contributed by atoms with Crippen LogP contribution in [0, 0.1) is 0 Å². The standard InChI is InChI=1S/C14H16N2O3/c17-8-4-3-7-15-14(19)11-9-13(18)16-12-6-2-1-5-10(11)12/h1-2,5-6,9,17H,3-4,7-8H2,(H,15,19)(H,16,18). The van der Waals surface area contributed by atoms with E-state index in [2.05, 4.69) is 10.3 Å². The van der Waals surface area contributed by atoms with E-state index in [0.29, 0.717) is 30.5 Å². The highest BCUT2D eigenvalue weighted by atomic mass is 16.3. The van der Waals surface area contributed by atoms with Gasteiger partial charge in [-0.25, -0.2) is 0 Å². The van der Waals surface area contributed by atoms with Gasteiger partial charge in [0, 0.05) is 30.1 Å². The maximum Gasteiger partial charge on any atom is 0.252 e. The summed E-state index contributed by atoms with van der Waals surface area (Å²) in [5.41, 5.74) is 0.734. The van der Waals surface area contributed by atoms with Gasteiger partial charge in [0.2, 0.25) is 5.56 Å². The van der Waals surface area contributed by atoms with Crippen LogP contribution in [-0.2, 0) is 0 Å². The smallest absolute Gasteiger partial charge is 0.252 e. The maximum absolute atomic E-state index is 12.0. The van der Waals surface area contributed by atoms with E-state index in [1.807, 2.05) is 6.07 Å². The molecule has 1 aromatic carbocycles. The molecule has 0 aliphatic rings. The van der Waals surface area contributed by atoms with Gasteiger partial charge in [-0.2, -0.15) is 0 Å². The molecule has 1 heterocycles. The van der Waals surface area contributed by atoms with Crippen LogP contribution < -0.4 is 10.9 Å². The highest BCUT2D eigenvalue weighted by Crippen LogP contribution is 2.14. The summed E-state index contributed by atoms with van der Waals surface area (Å²) in [6.07, 6.45) is 1.36. The van der Waals surface area contributed by atoms with E-state index in [9.17, 15) is 9.59 Å². The number of H-pyrrole nitrogens is 1. The molecule has 5 nitrogen and oxygen atoms in total. The van der Waals surface area contributed by atoms with Crippen molar-refractivity contribution in [1.29, 1.82) is 0 Å². The number of fused-ring (bicyclic) bond motifs is 1. The number of aromatic nitrogens is 1. The molecule has 2 aromatic rings. The van der Waals surface area contributed by atoms with Gasteiger partial charge in [-0.05, 0) is 18.9 Å². The summed E-state index contributed by atoms with van der Waals surface area (Å²) in [5, 5.41) is 12.1. The Hall–Kier alpha value is -2.14. The molecule has 0 saturated carbocycles. The van der Waals surface area contributed by atoms with E-state index in [0.717, 1.165) is 5.39 Å². The van der Waals surface area contributed by atoms with Crippen molar-refractivity contribution < 1.29 is 9.90 Å². The minimum absolute atomic E-state index is 0.115. The summed E-state index contributed by atoms with van der Waals surface area (Å²) in [6.45, 7) is 0.602. The van der Waals surface area contributed by atoms with Crippen LogP contribution in [0.2, 0.25) is 0 Å². The van der Waals surface area contributed by atoms with Crippen molar-refractivity contribution in [3.63, 3.8) is 0 Å². The quantitative estimate of drug-likeness (QED) is 0.702. The zero-order valence-electron chi connectivity index (χ0n) is 10.5. The molecule has 0 saturated heterocycles. The van der Waals surface area contributed by atoms with Gasteiger partial charge in [0.25, 0.3) is 5.91 Å². The van der Waals surface area contributed by atoms with Crippen LogP contribution >= 0.6 is 0 Å². The summed E-state index contributed by atoms with van der Waals surface area (Å²) < 4.78 is 0. The lowest BCUT2D eigenvalue weighted by Gasteiger charge is -2.07. The van der Waals surface area contributed by atoms with Gasteiger partial charge in [-0.1, -0.05) is 18.2 Å². The minimum atomic E-state index is -0.292. The third-order valence-corrected chi connectivity index (χ3v) is 2.87. The number of amides is 1. The first kappa shape index (κ1) is 13.3. The van der Waals surface area contributed by atoms with Gasteiger partial charge in [0.05, 0.1) is 5.56 Å². The molecule has 0 radical (unpaired) electrons. The first-order chi connectivity index (χ1) is 9.22. The highest BCUT2D eigenvalue weighted by molar-refractivity contribution is 6.05. The van der Waals surface area contributed by atoms with Crippen LogP contribution in [0.3, 0.4) is 0 Å². The van der Waals surface area contributed by atoms with E-state index < -0.39 is 0 Å². The average molecular weight is 260 g/mol. The van der Waals surface area contributed by atoms with Crippen molar-refractivity contribution >= 4 is 16.8 Å². The predicted octanol–water partition coefficient (Wildman–Crippen LogP) is 1.03. The molecule has 19 heavy (non-hydrogen) atoms. The molecule has 0 aliphatic heterocycles. The topological polar surface area (TPSA) is 82.2 Å². The summed E-state index contributed by atoms with van der Waals surface area (Å²) in [7, 11) is 0. The van der Waals surface area contributed by atoms with Gasteiger partial charge in [-0.15, -0.1) is 0 Å². The lowest BCUT2D eigenvalue weighted by atomic mass is 10.1. The normalized spacial score (nSPS) is 10.6. The fourth-order valence-corrected chi connectivity index (χ4v) is 1.93. The maximum atomic E-state index is 12.0. The number of para-hydroxylation sites is 1. The molecule has 0 spiro atoms. The van der Waals surface area contributed by atoms with Crippen molar-refractivity contribution in [2.24, 2.45) is 0 Å². The molecule has 0 unspecified atom stereocenters. The van der Waals surface area contributed by atoms with Crippen molar-refractivity contribution in [3.8, 4) is 0 Å². The first-order valence-electron chi connectivity index (χ1n) is 6.23. The molecule has 1 amide bonds. The van der Waals surface area contributed by atoms with Crippen LogP contribution in [0.5, 0.6) is 0 Å². The highest BCUT2D eigenvalue weighted by Gasteiger charge is 2.10. The van der Waals surface area contributed by atoms with Gasteiger partial charge < -0.3 is 15.4 Å². The van der Waals surface area contributed by atoms with Crippen LogP contribution in [0.15, 0.2) is 35.1 Å². The Labute approximate surface area is 110 Å². The minimum Gasteiger partial charge on any atom is -0.396 e. The molecule has 0 bridgehead atoms. The molecule has 3 N–H and O–H groups in total. The third kappa shape index (κ3) is 3.20. The van der Waals surface area contributed by atoms with Crippen LogP contribution in [-0.4, -0.2) is 29.1 Å². The lowest BCUT2D eigenvalue weighted by Crippen LogP contribution is -2.26. The molecule has 0 aliphatic carbocycles. The number of aliphatic hydroxyl groups is 1. The average Bonchev–Trinajstić information content (AvgIpc) is 2.42. The number of carbonyl (C=O) groups excluding carboxylic acids is 1. The first-order valence-corrected chi connectivity index (χ1v) is 6.23. The lowest BCUT2D eigenvalue weighted by molar-refractivity contribution is 0.0953. The van der Waals surface area contributed by atoms with E-state index in [4.69, 9.17) is 5.11 Å². The Morgan fingerprint density at radius 2 is 2.05 bits per heavy atom. The fraction of sp³-hybridized carbons (Fsp3) is 0.286. The predicted molar refractivity (Wildman–Crippen MR) is 73.2 cm³/mol. The van der Waals surface area contributed by atoms with Gasteiger partial charge in [-0.3, -0.25) is 9.59 Å². The number of hydrogen-bond donors (Lipinski definition) is 3. The van der Waals surface area contributed by atoms with Crippen LogP contribution in [0.4, 0.5) is 0 Å². The van der Waals surface area contributed by atoms with E-state index in [1.165, 1.54) is 6.07 Å². The number of hydrogen-bond acceptors (Lipinski definition) is 3. The molecule has 2 rings (SSSR count). The molecular formula is C14H16N2O3. The van der Waals surface area contributed by atoms with Crippen LogP contribution in [0.1, 0.15) is 23.2 Å². The number of unbranched alkanes of at least 4 members (excludes halogenated alkanes) is 1. The second-order valence-corrected chi connectivity index (χ2v) is 4.28.